The molecule has 1 heterocycles. The number of carbonyl (C=O) groups is 1. The van der Waals surface area contributed by atoms with Crippen molar-refractivity contribution < 1.29 is 4.79 Å². The molecule has 1 amide bonds. The molecule has 1 aromatic carbocycles. The summed E-state index contributed by atoms with van der Waals surface area (Å²) in [6.07, 6.45) is 9.08. The summed E-state index contributed by atoms with van der Waals surface area (Å²) in [5.41, 5.74) is 0.689. The minimum absolute atomic E-state index is 0.311. The van der Waals surface area contributed by atoms with Crippen LogP contribution in [0, 0.1) is 17.2 Å². The maximum absolute atomic E-state index is 12.8. The number of amides is 1. The van der Waals surface area contributed by atoms with Crippen LogP contribution in [-0.2, 0) is 6.54 Å². The van der Waals surface area contributed by atoms with Crippen molar-refractivity contribution in [2.24, 2.45) is 5.92 Å². The zero-order chi connectivity index (χ0) is 21.7. The second-order valence-electron chi connectivity index (χ2n) is 8.47. The Kier molecular flexibility index (Phi) is 6.57. The Morgan fingerprint density at radius 1 is 1.16 bits per heavy atom. The van der Waals surface area contributed by atoms with E-state index < -0.39 is 5.54 Å². The molecule has 1 aromatic heterocycles. The van der Waals surface area contributed by atoms with Gasteiger partial charge in [-0.15, -0.1) is 0 Å². The SMILES string of the molecule is N#CC1(NC(=O)c2cnc(NCc3ccc(Cl)cc3)nc2NCC2CCCCC2)CC1. The first kappa shape index (κ1) is 21.4. The molecule has 0 atom stereocenters. The molecule has 31 heavy (non-hydrogen) atoms. The van der Waals surface area contributed by atoms with Crippen LogP contribution in [-0.4, -0.2) is 28.0 Å². The van der Waals surface area contributed by atoms with Gasteiger partial charge in [-0.2, -0.15) is 10.2 Å². The smallest absolute Gasteiger partial charge is 0.257 e. The lowest BCUT2D eigenvalue weighted by molar-refractivity contribution is 0.0941. The normalized spacial score (nSPS) is 17.4. The minimum Gasteiger partial charge on any atom is -0.369 e. The van der Waals surface area contributed by atoms with E-state index in [4.69, 9.17) is 11.6 Å². The van der Waals surface area contributed by atoms with E-state index in [1.165, 1.54) is 38.3 Å². The molecule has 0 bridgehead atoms. The Bertz CT molecular complexity index is 961. The molecule has 2 aliphatic carbocycles. The van der Waals surface area contributed by atoms with Crippen LogP contribution < -0.4 is 16.0 Å². The van der Waals surface area contributed by atoms with Crippen LogP contribution in [0.2, 0.25) is 5.02 Å². The van der Waals surface area contributed by atoms with Gasteiger partial charge in [0.1, 0.15) is 16.9 Å². The Balaban J connectivity index is 1.48. The number of benzene rings is 1. The first-order chi connectivity index (χ1) is 15.1. The molecule has 8 heteroatoms. The summed E-state index contributed by atoms with van der Waals surface area (Å²) in [5.74, 6) is 1.22. The molecule has 0 aliphatic heterocycles. The first-order valence-corrected chi connectivity index (χ1v) is 11.3. The van der Waals surface area contributed by atoms with Gasteiger partial charge in [-0.3, -0.25) is 4.79 Å². The van der Waals surface area contributed by atoms with Gasteiger partial charge in [0, 0.05) is 24.3 Å². The number of nitrogens with zero attached hydrogens (tertiary/aromatic N) is 3. The van der Waals surface area contributed by atoms with Crippen molar-refractivity contribution in [1.82, 2.24) is 15.3 Å². The third-order valence-electron chi connectivity index (χ3n) is 6.00. The van der Waals surface area contributed by atoms with Crippen LogP contribution in [0.15, 0.2) is 30.5 Å². The predicted octanol–water partition coefficient (Wildman–Crippen LogP) is 4.52. The topological polar surface area (TPSA) is 103 Å². The van der Waals surface area contributed by atoms with Crippen molar-refractivity contribution in [2.75, 3.05) is 17.2 Å². The summed E-state index contributed by atoms with van der Waals surface area (Å²) >= 11 is 5.94. The summed E-state index contributed by atoms with van der Waals surface area (Å²) in [4.78, 5) is 21.8. The van der Waals surface area contributed by atoms with Crippen LogP contribution in [0.5, 0.6) is 0 Å². The molecule has 2 aromatic rings. The van der Waals surface area contributed by atoms with Crippen molar-refractivity contribution >= 4 is 29.3 Å². The van der Waals surface area contributed by atoms with Gasteiger partial charge in [-0.1, -0.05) is 43.0 Å². The lowest BCUT2D eigenvalue weighted by atomic mass is 9.89. The number of hydrogen-bond acceptors (Lipinski definition) is 6. The number of carbonyl (C=O) groups excluding carboxylic acids is 1. The van der Waals surface area contributed by atoms with Crippen molar-refractivity contribution in [3.63, 3.8) is 0 Å². The predicted molar refractivity (Wildman–Crippen MR) is 121 cm³/mol. The Hall–Kier alpha value is -2.85. The number of halogens is 1. The van der Waals surface area contributed by atoms with Crippen molar-refractivity contribution in [3.05, 3.63) is 46.6 Å². The van der Waals surface area contributed by atoms with Gasteiger partial charge >= 0.3 is 0 Å². The van der Waals surface area contributed by atoms with Crippen LogP contribution in [0.4, 0.5) is 11.8 Å². The van der Waals surface area contributed by atoms with E-state index in [1.807, 2.05) is 24.3 Å². The highest BCUT2D eigenvalue weighted by Gasteiger charge is 2.45. The molecule has 7 nitrogen and oxygen atoms in total. The fourth-order valence-corrected chi connectivity index (χ4v) is 3.98. The highest BCUT2D eigenvalue weighted by Crippen LogP contribution is 2.35. The van der Waals surface area contributed by atoms with E-state index in [2.05, 4.69) is 32.0 Å². The molecule has 0 spiro atoms. The highest BCUT2D eigenvalue weighted by molar-refractivity contribution is 6.30. The molecule has 2 aliphatic rings. The van der Waals surface area contributed by atoms with Crippen molar-refractivity contribution in [2.45, 2.75) is 57.0 Å². The number of nitriles is 1. The molecule has 4 rings (SSSR count). The molecular formula is C23H27ClN6O. The number of aromatic nitrogens is 2. The van der Waals surface area contributed by atoms with E-state index in [1.54, 1.807) is 0 Å². The minimum atomic E-state index is -0.733. The second kappa shape index (κ2) is 9.52. The third kappa shape index (κ3) is 5.65. The number of rotatable bonds is 8. The van der Waals surface area contributed by atoms with Gasteiger partial charge < -0.3 is 16.0 Å². The molecule has 162 valence electrons. The molecular weight excluding hydrogens is 412 g/mol. The van der Waals surface area contributed by atoms with Crippen molar-refractivity contribution in [1.29, 1.82) is 5.26 Å². The van der Waals surface area contributed by atoms with Crippen LogP contribution in [0.1, 0.15) is 60.9 Å². The summed E-state index contributed by atoms with van der Waals surface area (Å²) in [6, 6.07) is 9.76. The number of hydrogen-bond donors (Lipinski definition) is 3. The van der Waals surface area contributed by atoms with Crippen molar-refractivity contribution in [3.8, 4) is 6.07 Å². The zero-order valence-corrected chi connectivity index (χ0v) is 18.2. The molecule has 3 N–H and O–H groups in total. The molecule has 2 saturated carbocycles. The Morgan fingerprint density at radius 2 is 1.90 bits per heavy atom. The third-order valence-corrected chi connectivity index (χ3v) is 6.25. The van der Waals surface area contributed by atoms with Gasteiger partial charge in [0.05, 0.1) is 6.07 Å². The van der Waals surface area contributed by atoms with Gasteiger partial charge in [0.25, 0.3) is 5.91 Å². The fourth-order valence-electron chi connectivity index (χ4n) is 3.86. The number of anilines is 2. The van der Waals surface area contributed by atoms with E-state index in [-0.39, 0.29) is 5.91 Å². The van der Waals surface area contributed by atoms with E-state index in [0.717, 1.165) is 12.1 Å². The summed E-state index contributed by atoms with van der Waals surface area (Å²) in [6.45, 7) is 1.32. The monoisotopic (exact) mass is 438 g/mol. The Morgan fingerprint density at radius 3 is 2.58 bits per heavy atom. The zero-order valence-electron chi connectivity index (χ0n) is 17.5. The van der Waals surface area contributed by atoms with E-state index in [0.29, 0.717) is 47.7 Å². The standard InChI is InChI=1S/C23H27ClN6O/c24-18-8-6-17(7-9-18)13-27-22-28-14-19(21(31)30-23(15-25)10-11-23)20(29-22)26-12-16-4-2-1-3-5-16/h6-9,14,16H,1-5,10-13H2,(H,30,31)(H2,26,27,28,29). The van der Waals surface area contributed by atoms with Gasteiger partial charge in [-0.05, 0) is 49.3 Å². The van der Waals surface area contributed by atoms with Gasteiger partial charge in [-0.25, -0.2) is 4.98 Å². The van der Waals surface area contributed by atoms with Crippen LogP contribution in [0.3, 0.4) is 0 Å². The summed E-state index contributed by atoms with van der Waals surface area (Å²) in [5, 5.41) is 19.4. The van der Waals surface area contributed by atoms with E-state index in [9.17, 15) is 10.1 Å². The first-order valence-electron chi connectivity index (χ1n) is 10.9. The lowest BCUT2D eigenvalue weighted by Gasteiger charge is -2.23. The second-order valence-corrected chi connectivity index (χ2v) is 8.91. The maximum Gasteiger partial charge on any atom is 0.257 e. The maximum atomic E-state index is 12.8. The van der Waals surface area contributed by atoms with E-state index >= 15 is 0 Å². The summed E-state index contributed by atoms with van der Waals surface area (Å²) < 4.78 is 0. The molecule has 0 saturated heterocycles. The quantitative estimate of drug-likeness (QED) is 0.559. The molecule has 0 unspecified atom stereocenters. The molecule has 2 fully saturated rings. The number of nitrogens with one attached hydrogen (secondary N) is 3. The van der Waals surface area contributed by atoms with Gasteiger partial charge in [0.15, 0.2) is 0 Å². The lowest BCUT2D eigenvalue weighted by Crippen LogP contribution is -2.36. The molecule has 0 radical (unpaired) electrons. The summed E-state index contributed by atoms with van der Waals surface area (Å²) in [7, 11) is 0. The van der Waals surface area contributed by atoms with Crippen LogP contribution >= 0.6 is 11.6 Å². The average Bonchev–Trinajstić information content (AvgIpc) is 3.58. The largest absolute Gasteiger partial charge is 0.369 e. The van der Waals surface area contributed by atoms with Crippen LogP contribution in [0.25, 0.3) is 0 Å². The highest BCUT2D eigenvalue weighted by atomic mass is 35.5. The fraction of sp³-hybridized carbons (Fsp3) is 0.478. The Labute approximate surface area is 187 Å². The average molecular weight is 439 g/mol. The van der Waals surface area contributed by atoms with Gasteiger partial charge in [0.2, 0.25) is 5.95 Å².